The van der Waals surface area contributed by atoms with Gasteiger partial charge in [-0.3, -0.25) is 9.36 Å². The molecule has 0 amide bonds. The first-order chi connectivity index (χ1) is 14.4. The largest absolute Gasteiger partial charge is 0.550 e. The van der Waals surface area contributed by atoms with Crippen molar-refractivity contribution in [1.29, 1.82) is 0 Å². The van der Waals surface area contributed by atoms with Crippen LogP contribution in [0.25, 0.3) is 11.1 Å². The number of aliphatic carboxylic acids is 1. The zero-order valence-corrected chi connectivity index (χ0v) is 20.5. The molecular formula is C21H27N3O4S3. The number of carboxylic acids is 1. The number of fused-ring (bicyclic) bond motifs is 1. The Morgan fingerprint density at radius 1 is 1.29 bits per heavy atom. The molecule has 2 aromatic rings. The number of carboxylic acid groups (broad SMARTS) is 1. The lowest BCUT2D eigenvalue weighted by atomic mass is 10.3. The molecular weight excluding hydrogens is 454 g/mol. The summed E-state index contributed by atoms with van der Waals surface area (Å²) in [6.07, 6.45) is 2.20. The van der Waals surface area contributed by atoms with Crippen molar-refractivity contribution in [2.75, 3.05) is 30.8 Å². The van der Waals surface area contributed by atoms with E-state index in [1.54, 1.807) is 23.1 Å². The van der Waals surface area contributed by atoms with Gasteiger partial charge >= 0.3 is 0 Å². The summed E-state index contributed by atoms with van der Waals surface area (Å²) >= 11 is 5.19. The molecule has 0 unspecified atom stereocenters. The van der Waals surface area contributed by atoms with Gasteiger partial charge in [0.15, 0.2) is 6.54 Å². The Kier molecular flexibility index (Phi) is 8.99. The number of hydrogen-bond donors (Lipinski definition) is 0. The van der Waals surface area contributed by atoms with Crippen LogP contribution in [-0.2, 0) is 11.3 Å². The van der Waals surface area contributed by atoms with E-state index in [-0.39, 0.29) is 11.0 Å². The van der Waals surface area contributed by atoms with Crippen molar-refractivity contribution in [2.24, 2.45) is 0 Å². The Labute approximate surface area is 193 Å². The first-order valence-corrected chi connectivity index (χ1v) is 12.4. The molecule has 0 atom stereocenters. The van der Waals surface area contributed by atoms with Crippen molar-refractivity contribution in [1.82, 2.24) is 4.57 Å². The number of nitrogens with zero attached hydrogens (tertiary/aromatic N) is 3. The van der Waals surface area contributed by atoms with Crippen LogP contribution in [0.15, 0.2) is 34.0 Å². The number of aromatic nitrogens is 1. The molecule has 31 heavy (non-hydrogen) atoms. The molecule has 0 radical (unpaired) electrons. The Morgan fingerprint density at radius 3 is 2.58 bits per heavy atom. The smallest absolute Gasteiger partial charge is 0.271 e. The first kappa shape index (κ1) is 25.3. The molecule has 7 nitrogen and oxygen atoms in total. The lowest BCUT2D eigenvalue weighted by molar-refractivity contribution is -0.512. The lowest BCUT2D eigenvalue weighted by Crippen LogP contribution is -2.33. The molecule has 0 aliphatic carbocycles. The normalized spacial score (nSPS) is 17.3. The predicted molar refractivity (Wildman–Crippen MR) is 130 cm³/mol. The van der Waals surface area contributed by atoms with Crippen LogP contribution >= 0.6 is 34.9 Å². The highest BCUT2D eigenvalue weighted by molar-refractivity contribution is 8.14. The minimum Gasteiger partial charge on any atom is -0.550 e. The maximum Gasteiger partial charge on any atom is 0.271 e. The van der Waals surface area contributed by atoms with E-state index in [9.17, 15) is 4.79 Å². The third-order valence-electron chi connectivity index (χ3n) is 4.71. The number of rotatable bonds is 3. The van der Waals surface area contributed by atoms with Gasteiger partial charge in [0.1, 0.15) is 20.8 Å². The van der Waals surface area contributed by atoms with Crippen molar-refractivity contribution < 1.29 is 20.0 Å². The maximum absolute atomic E-state index is 13.1. The molecule has 0 saturated heterocycles. The van der Waals surface area contributed by atoms with Crippen LogP contribution in [0.4, 0.5) is 5.69 Å². The van der Waals surface area contributed by atoms with Gasteiger partial charge in [-0.15, -0.1) is 11.3 Å². The van der Waals surface area contributed by atoms with Gasteiger partial charge in [-0.25, -0.2) is 4.58 Å². The van der Waals surface area contributed by atoms with E-state index in [2.05, 4.69) is 34.6 Å². The lowest BCUT2D eigenvalue weighted by Gasteiger charge is -2.11. The zero-order chi connectivity index (χ0) is 21.8. The van der Waals surface area contributed by atoms with Crippen molar-refractivity contribution in [2.45, 2.75) is 32.2 Å². The van der Waals surface area contributed by atoms with Gasteiger partial charge in [0.2, 0.25) is 5.04 Å². The van der Waals surface area contributed by atoms with Crippen LogP contribution in [0.3, 0.4) is 0 Å². The second-order valence-corrected chi connectivity index (χ2v) is 9.83. The number of hydrogen-bond acceptors (Lipinski definition) is 7. The molecule has 0 saturated carbocycles. The van der Waals surface area contributed by atoms with Crippen LogP contribution in [-0.4, -0.2) is 51.5 Å². The molecule has 0 bridgehead atoms. The number of carbonyl (C=O) groups excluding carboxylic acids is 1. The average Bonchev–Trinajstić information content (AvgIpc) is 3.38. The summed E-state index contributed by atoms with van der Waals surface area (Å²) < 4.78 is 6.18. The summed E-state index contributed by atoms with van der Waals surface area (Å²) in [5.74, 6) is 0.0412. The molecule has 0 fully saturated rings. The standard InChI is InChI=1S/C19H22N3OS3.C2H4O2.H2O/c1-4-21-10-11-24-15(21)12-16-22(5-2)18(23)17(26-16)19-20(3)13-8-6-7-9-14(13)25-19;1-2(3)4;/h6-9,12H,4-5,10-11H2,1-3H3;1H3,(H,3,4);1H2/q+1;;/p-1/b19-17-;;. The average molecular weight is 482 g/mol. The van der Waals surface area contributed by atoms with Gasteiger partial charge in [-0.05, 0) is 32.9 Å². The van der Waals surface area contributed by atoms with Crippen LogP contribution in [0.1, 0.15) is 20.8 Å². The predicted octanol–water partition coefficient (Wildman–Crippen LogP) is 0.127. The number of anilines is 1. The third kappa shape index (κ3) is 5.43. The SMILES string of the molecule is CC(=O)[O-].CCn1c(=O)/c(=C2/Sc3ccccc3N2C)s/c1=C/C1=[N+](CC)CCS1.O. The molecule has 0 spiro atoms. The summed E-state index contributed by atoms with van der Waals surface area (Å²) in [6, 6.07) is 8.32. The Hall–Kier alpha value is -2.01. The number of para-hydroxylation sites is 1. The van der Waals surface area contributed by atoms with E-state index in [4.69, 9.17) is 9.90 Å². The number of thioether (sulfide) groups is 2. The van der Waals surface area contributed by atoms with Crippen LogP contribution in [0.5, 0.6) is 0 Å². The fourth-order valence-corrected chi connectivity index (χ4v) is 6.93. The van der Waals surface area contributed by atoms with Gasteiger partial charge < -0.3 is 20.3 Å². The molecule has 2 N–H and O–H groups in total. The Morgan fingerprint density at radius 2 is 1.97 bits per heavy atom. The second-order valence-electron chi connectivity index (χ2n) is 6.66. The van der Waals surface area contributed by atoms with Gasteiger partial charge in [0, 0.05) is 24.5 Å². The first-order valence-electron chi connectivity index (χ1n) is 9.75. The van der Waals surface area contributed by atoms with E-state index in [1.807, 2.05) is 42.4 Å². The number of thiazole rings is 1. The fraction of sp³-hybridized carbons (Fsp3) is 0.381. The number of carbonyl (C=O) groups is 1. The fourth-order valence-electron chi connectivity index (χ4n) is 3.28. The molecule has 168 valence electrons. The van der Waals surface area contributed by atoms with Crippen molar-refractivity contribution >= 4 is 62.7 Å². The molecule has 2 aliphatic rings. The minimum atomic E-state index is -1.08. The molecule has 1 aromatic heterocycles. The van der Waals surface area contributed by atoms with Gasteiger partial charge in [0.05, 0.1) is 17.5 Å². The second kappa shape index (κ2) is 11.0. The molecule has 2 aliphatic heterocycles. The van der Waals surface area contributed by atoms with Gasteiger partial charge in [0.25, 0.3) is 5.56 Å². The highest BCUT2D eigenvalue weighted by atomic mass is 32.2. The summed E-state index contributed by atoms with van der Waals surface area (Å²) in [4.78, 5) is 25.3. The van der Waals surface area contributed by atoms with E-state index in [1.165, 1.54) is 15.6 Å². The molecule has 1 aromatic carbocycles. The summed E-state index contributed by atoms with van der Waals surface area (Å²) in [6.45, 7) is 8.00. The number of benzene rings is 1. The van der Waals surface area contributed by atoms with E-state index >= 15 is 0 Å². The topological polar surface area (TPSA) is 99.9 Å². The summed E-state index contributed by atoms with van der Waals surface area (Å²) in [5.41, 5.74) is 1.30. The van der Waals surface area contributed by atoms with Crippen molar-refractivity contribution in [3.05, 3.63) is 43.8 Å². The monoisotopic (exact) mass is 481 g/mol. The quantitative estimate of drug-likeness (QED) is 0.578. The van der Waals surface area contributed by atoms with E-state index in [0.717, 1.165) is 40.0 Å². The van der Waals surface area contributed by atoms with Gasteiger partial charge in [-0.1, -0.05) is 35.7 Å². The Bertz CT molecular complexity index is 1160. The summed E-state index contributed by atoms with van der Waals surface area (Å²) in [7, 11) is 2.05. The zero-order valence-electron chi connectivity index (χ0n) is 18.0. The van der Waals surface area contributed by atoms with Crippen LogP contribution in [0.2, 0.25) is 0 Å². The third-order valence-corrected chi connectivity index (χ3v) is 8.26. The van der Waals surface area contributed by atoms with Crippen molar-refractivity contribution in [3.8, 4) is 0 Å². The molecule has 4 rings (SSSR count). The highest BCUT2D eigenvalue weighted by Gasteiger charge is 2.25. The molecule has 3 heterocycles. The summed E-state index contributed by atoms with van der Waals surface area (Å²) in [5, 5.41) is 11.2. The van der Waals surface area contributed by atoms with Gasteiger partial charge in [-0.2, -0.15) is 0 Å². The Balaban J connectivity index is 0.000000631. The highest BCUT2D eigenvalue weighted by Crippen LogP contribution is 2.44. The van der Waals surface area contributed by atoms with Crippen LogP contribution < -0.4 is 24.8 Å². The molecule has 10 heteroatoms. The maximum atomic E-state index is 13.1. The minimum absolute atomic E-state index is 0. The van der Waals surface area contributed by atoms with E-state index < -0.39 is 5.97 Å². The van der Waals surface area contributed by atoms with Crippen LogP contribution in [0, 0.1) is 0 Å². The van der Waals surface area contributed by atoms with E-state index in [0.29, 0.717) is 6.54 Å². The van der Waals surface area contributed by atoms with Crippen molar-refractivity contribution in [3.63, 3.8) is 0 Å².